The van der Waals surface area contributed by atoms with E-state index in [1.807, 2.05) is 0 Å². The Labute approximate surface area is 120 Å². The van der Waals surface area contributed by atoms with Crippen LogP contribution in [0.2, 0.25) is 0 Å². The van der Waals surface area contributed by atoms with Crippen LogP contribution in [-0.4, -0.2) is 18.6 Å². The van der Waals surface area contributed by atoms with Crippen molar-refractivity contribution in [2.75, 3.05) is 13.7 Å². The highest BCUT2D eigenvalue weighted by Crippen LogP contribution is 2.45. The molecule has 1 aliphatic carbocycles. The second-order valence-electron chi connectivity index (χ2n) is 6.18. The van der Waals surface area contributed by atoms with Gasteiger partial charge in [-0.05, 0) is 49.9 Å². The number of aromatic nitrogens is 1. The fourth-order valence-corrected chi connectivity index (χ4v) is 3.98. The van der Waals surface area contributed by atoms with Gasteiger partial charge in [-0.15, -0.1) is 0 Å². The molecule has 0 amide bonds. The third-order valence-electron chi connectivity index (χ3n) is 4.98. The zero-order chi connectivity index (χ0) is 14.3. The van der Waals surface area contributed by atoms with Gasteiger partial charge >= 0.3 is 0 Å². The predicted octanol–water partition coefficient (Wildman–Crippen LogP) is 3.56. The molecular formula is C17H24N2O. The molecule has 1 aromatic heterocycles. The van der Waals surface area contributed by atoms with Crippen LogP contribution < -0.4 is 10.5 Å². The van der Waals surface area contributed by atoms with Crippen LogP contribution in [0.5, 0.6) is 5.75 Å². The Morgan fingerprint density at radius 2 is 1.95 bits per heavy atom. The molecule has 1 aliphatic rings. The maximum absolute atomic E-state index is 6.18. The van der Waals surface area contributed by atoms with E-state index >= 15 is 0 Å². The second-order valence-corrected chi connectivity index (χ2v) is 6.18. The normalized spacial score (nSPS) is 17.8. The molecule has 1 aromatic carbocycles. The number of fused-ring (bicyclic) bond motifs is 1. The van der Waals surface area contributed by atoms with Crippen molar-refractivity contribution < 1.29 is 4.74 Å². The maximum Gasteiger partial charge on any atom is 0.119 e. The molecule has 3 N–H and O–H groups in total. The number of nitrogens with one attached hydrogen (secondary N) is 1. The molecule has 1 fully saturated rings. The molecule has 0 atom stereocenters. The zero-order valence-electron chi connectivity index (χ0n) is 12.7. The largest absolute Gasteiger partial charge is 0.497 e. The molecule has 108 valence electrons. The fraction of sp³-hybridized carbons (Fsp3) is 0.529. The second kappa shape index (κ2) is 4.81. The molecular weight excluding hydrogens is 248 g/mol. The van der Waals surface area contributed by atoms with Gasteiger partial charge < -0.3 is 15.5 Å². The summed E-state index contributed by atoms with van der Waals surface area (Å²) in [5.74, 6) is 0.931. The van der Waals surface area contributed by atoms with E-state index in [9.17, 15) is 0 Å². The molecule has 0 aliphatic heterocycles. The first-order valence-corrected chi connectivity index (χ1v) is 7.49. The van der Waals surface area contributed by atoms with Crippen molar-refractivity contribution in [2.45, 2.75) is 44.9 Å². The predicted molar refractivity (Wildman–Crippen MR) is 83.5 cm³/mol. The Kier molecular flexibility index (Phi) is 3.25. The molecule has 0 radical (unpaired) electrons. The Bertz CT molecular complexity index is 636. The number of aromatic amines is 1. The fourth-order valence-electron chi connectivity index (χ4n) is 3.98. The van der Waals surface area contributed by atoms with Crippen LogP contribution in [0.15, 0.2) is 12.1 Å². The van der Waals surface area contributed by atoms with Crippen LogP contribution in [-0.2, 0) is 5.41 Å². The van der Waals surface area contributed by atoms with Crippen LogP contribution >= 0.6 is 0 Å². The molecule has 1 heterocycles. The summed E-state index contributed by atoms with van der Waals surface area (Å²) in [5, 5.41) is 1.30. The van der Waals surface area contributed by atoms with E-state index in [4.69, 9.17) is 10.5 Å². The number of rotatable bonds is 3. The van der Waals surface area contributed by atoms with Gasteiger partial charge in [-0.3, -0.25) is 0 Å². The van der Waals surface area contributed by atoms with Gasteiger partial charge in [0.25, 0.3) is 0 Å². The van der Waals surface area contributed by atoms with Crippen LogP contribution in [0, 0.1) is 13.8 Å². The SMILES string of the molecule is COc1cc(C)c2[nH]c(C)c(C3(CN)CCCC3)c2c1. The molecule has 3 rings (SSSR count). The number of hydrogen-bond donors (Lipinski definition) is 2. The highest BCUT2D eigenvalue weighted by atomic mass is 16.5. The molecule has 0 saturated heterocycles. The van der Waals surface area contributed by atoms with E-state index in [0.717, 1.165) is 12.3 Å². The summed E-state index contributed by atoms with van der Waals surface area (Å²) in [6.45, 7) is 5.04. The third-order valence-corrected chi connectivity index (χ3v) is 4.98. The first-order chi connectivity index (χ1) is 9.61. The Morgan fingerprint density at radius 3 is 2.55 bits per heavy atom. The Hall–Kier alpha value is -1.48. The van der Waals surface area contributed by atoms with Crippen LogP contribution in [0.1, 0.15) is 42.5 Å². The number of methoxy groups -OCH3 is 1. The summed E-state index contributed by atoms with van der Waals surface area (Å²) in [5.41, 5.74) is 11.5. The van der Waals surface area contributed by atoms with E-state index in [2.05, 4.69) is 31.0 Å². The lowest BCUT2D eigenvalue weighted by atomic mass is 9.77. The smallest absolute Gasteiger partial charge is 0.119 e. The summed E-state index contributed by atoms with van der Waals surface area (Å²) in [6.07, 6.45) is 4.97. The topological polar surface area (TPSA) is 51.0 Å². The molecule has 2 aromatic rings. The van der Waals surface area contributed by atoms with Gasteiger partial charge in [0, 0.05) is 28.6 Å². The summed E-state index contributed by atoms with van der Waals surface area (Å²) < 4.78 is 5.45. The van der Waals surface area contributed by atoms with Gasteiger partial charge in [-0.1, -0.05) is 12.8 Å². The van der Waals surface area contributed by atoms with Crippen molar-refractivity contribution in [3.8, 4) is 5.75 Å². The van der Waals surface area contributed by atoms with E-state index in [-0.39, 0.29) is 5.41 Å². The molecule has 3 nitrogen and oxygen atoms in total. The Balaban J connectivity index is 2.29. The third kappa shape index (κ3) is 1.84. The lowest BCUT2D eigenvalue weighted by Crippen LogP contribution is -2.32. The van der Waals surface area contributed by atoms with Crippen molar-refractivity contribution in [3.05, 3.63) is 29.0 Å². The molecule has 20 heavy (non-hydrogen) atoms. The van der Waals surface area contributed by atoms with Crippen molar-refractivity contribution >= 4 is 10.9 Å². The van der Waals surface area contributed by atoms with Crippen LogP contribution in [0.4, 0.5) is 0 Å². The van der Waals surface area contributed by atoms with Gasteiger partial charge in [0.15, 0.2) is 0 Å². The van der Waals surface area contributed by atoms with Gasteiger partial charge in [0.05, 0.1) is 7.11 Å². The van der Waals surface area contributed by atoms with Gasteiger partial charge in [-0.25, -0.2) is 0 Å². The average molecular weight is 272 g/mol. The summed E-state index contributed by atoms with van der Waals surface area (Å²) in [7, 11) is 1.73. The minimum absolute atomic E-state index is 0.154. The highest BCUT2D eigenvalue weighted by Gasteiger charge is 2.37. The summed E-state index contributed by atoms with van der Waals surface area (Å²) >= 11 is 0. The quantitative estimate of drug-likeness (QED) is 0.897. The van der Waals surface area contributed by atoms with Crippen LogP contribution in [0.3, 0.4) is 0 Å². The van der Waals surface area contributed by atoms with Crippen molar-refractivity contribution in [1.82, 2.24) is 4.98 Å². The van der Waals surface area contributed by atoms with Gasteiger partial charge in [0.1, 0.15) is 5.75 Å². The van der Waals surface area contributed by atoms with Crippen LogP contribution in [0.25, 0.3) is 10.9 Å². The number of nitrogens with two attached hydrogens (primary N) is 1. The standard InChI is InChI=1S/C17H24N2O/c1-11-8-13(20-3)9-14-15(12(2)19-16(11)14)17(10-18)6-4-5-7-17/h8-9,19H,4-7,10,18H2,1-3H3. The molecule has 3 heteroatoms. The zero-order valence-corrected chi connectivity index (χ0v) is 12.7. The summed E-state index contributed by atoms with van der Waals surface area (Å²) in [6, 6.07) is 4.25. The van der Waals surface area contributed by atoms with Crippen molar-refractivity contribution in [1.29, 1.82) is 0 Å². The summed E-state index contributed by atoms with van der Waals surface area (Å²) in [4.78, 5) is 3.57. The maximum atomic E-state index is 6.18. The molecule has 0 spiro atoms. The van der Waals surface area contributed by atoms with Crippen molar-refractivity contribution in [3.63, 3.8) is 0 Å². The van der Waals surface area contributed by atoms with Gasteiger partial charge in [0.2, 0.25) is 0 Å². The lowest BCUT2D eigenvalue weighted by Gasteiger charge is -2.28. The highest BCUT2D eigenvalue weighted by molar-refractivity contribution is 5.89. The lowest BCUT2D eigenvalue weighted by molar-refractivity contribution is 0.415. The minimum Gasteiger partial charge on any atom is -0.497 e. The van der Waals surface area contributed by atoms with Gasteiger partial charge in [-0.2, -0.15) is 0 Å². The number of H-pyrrole nitrogens is 1. The number of benzene rings is 1. The van der Waals surface area contributed by atoms with E-state index in [1.54, 1.807) is 7.11 Å². The van der Waals surface area contributed by atoms with E-state index in [0.29, 0.717) is 0 Å². The molecule has 0 bridgehead atoms. The monoisotopic (exact) mass is 272 g/mol. The average Bonchev–Trinajstić information content (AvgIpc) is 3.03. The molecule has 1 saturated carbocycles. The Morgan fingerprint density at radius 1 is 1.25 bits per heavy atom. The number of hydrogen-bond acceptors (Lipinski definition) is 2. The minimum atomic E-state index is 0.154. The van der Waals surface area contributed by atoms with E-state index in [1.165, 1.54) is 53.4 Å². The van der Waals surface area contributed by atoms with Crippen molar-refractivity contribution in [2.24, 2.45) is 5.73 Å². The molecule has 0 unspecified atom stereocenters. The number of aryl methyl sites for hydroxylation is 2. The van der Waals surface area contributed by atoms with E-state index < -0.39 is 0 Å². The number of ether oxygens (including phenoxy) is 1. The first-order valence-electron chi connectivity index (χ1n) is 7.49. The first kappa shape index (κ1) is 13.5.